The van der Waals surface area contributed by atoms with E-state index in [0.29, 0.717) is 12.3 Å². The van der Waals surface area contributed by atoms with Crippen LogP contribution in [0.3, 0.4) is 0 Å². The average molecular weight is 215 g/mol. The zero-order chi connectivity index (χ0) is 9.61. The van der Waals surface area contributed by atoms with Gasteiger partial charge in [-0.05, 0) is 12.3 Å². The topological polar surface area (TPSA) is 43.4 Å². The Bertz CT molecular complexity index is 199. The third-order valence-corrected chi connectivity index (χ3v) is 2.66. The van der Waals surface area contributed by atoms with E-state index in [1.54, 1.807) is 0 Å². The Kier molecular flexibility index (Phi) is 5.88. The van der Waals surface area contributed by atoms with Crippen molar-refractivity contribution in [2.24, 2.45) is 5.92 Å². The third-order valence-electron chi connectivity index (χ3n) is 1.11. The lowest BCUT2D eigenvalue weighted by Crippen LogP contribution is -2.14. The van der Waals surface area contributed by atoms with E-state index in [9.17, 15) is 8.42 Å². The van der Waals surface area contributed by atoms with Crippen LogP contribution in [0.1, 0.15) is 20.3 Å². The van der Waals surface area contributed by atoms with Crippen molar-refractivity contribution in [3.8, 4) is 0 Å². The molecule has 0 aromatic rings. The molecule has 12 heavy (non-hydrogen) atoms. The first-order valence-corrected chi connectivity index (χ1v) is 6.02. The molecule has 0 aliphatic heterocycles. The highest BCUT2D eigenvalue weighted by atomic mass is 35.5. The van der Waals surface area contributed by atoms with E-state index in [1.807, 2.05) is 13.8 Å². The first kappa shape index (κ1) is 12.2. The Hall–Kier alpha value is 0.200. The van der Waals surface area contributed by atoms with Crippen LogP contribution in [0.4, 0.5) is 0 Å². The Morgan fingerprint density at radius 3 is 2.42 bits per heavy atom. The van der Waals surface area contributed by atoms with Crippen molar-refractivity contribution in [2.75, 3.05) is 18.2 Å². The van der Waals surface area contributed by atoms with Crippen molar-refractivity contribution in [1.29, 1.82) is 0 Å². The quantitative estimate of drug-likeness (QED) is 0.499. The number of halogens is 1. The standard InChI is InChI=1S/C7H15ClO3S/c1-7(2)6-11-12(9,10)5-3-4-8/h7H,3-6H2,1-2H3. The summed E-state index contributed by atoms with van der Waals surface area (Å²) in [5.74, 6) is 0.601. The summed E-state index contributed by atoms with van der Waals surface area (Å²) < 4.78 is 26.7. The molecule has 0 aromatic carbocycles. The van der Waals surface area contributed by atoms with E-state index >= 15 is 0 Å². The van der Waals surface area contributed by atoms with Gasteiger partial charge < -0.3 is 0 Å². The molecule has 0 amide bonds. The van der Waals surface area contributed by atoms with E-state index in [-0.39, 0.29) is 18.3 Å². The molecule has 0 atom stereocenters. The van der Waals surface area contributed by atoms with E-state index in [1.165, 1.54) is 0 Å². The Balaban J connectivity index is 3.73. The molecule has 0 aliphatic carbocycles. The summed E-state index contributed by atoms with van der Waals surface area (Å²) in [6.45, 7) is 4.05. The van der Waals surface area contributed by atoms with E-state index in [2.05, 4.69) is 0 Å². The summed E-state index contributed by atoms with van der Waals surface area (Å²) in [5.41, 5.74) is 0. The lowest BCUT2D eigenvalue weighted by molar-refractivity contribution is 0.275. The Morgan fingerprint density at radius 2 is 2.00 bits per heavy atom. The summed E-state index contributed by atoms with van der Waals surface area (Å²) in [4.78, 5) is 0. The molecule has 0 aromatic heterocycles. The maximum atomic E-state index is 11.0. The third kappa shape index (κ3) is 6.88. The van der Waals surface area contributed by atoms with Gasteiger partial charge in [-0.15, -0.1) is 11.6 Å². The summed E-state index contributed by atoms with van der Waals surface area (Å²) >= 11 is 5.35. The van der Waals surface area contributed by atoms with Crippen molar-refractivity contribution >= 4 is 21.7 Å². The smallest absolute Gasteiger partial charge is 0.267 e. The minimum Gasteiger partial charge on any atom is -0.270 e. The van der Waals surface area contributed by atoms with Gasteiger partial charge in [-0.3, -0.25) is 4.18 Å². The molecule has 0 bridgehead atoms. The van der Waals surface area contributed by atoms with Crippen molar-refractivity contribution in [1.82, 2.24) is 0 Å². The molecular formula is C7H15ClO3S. The normalized spacial score (nSPS) is 12.3. The van der Waals surface area contributed by atoms with Crippen molar-refractivity contribution in [3.63, 3.8) is 0 Å². The second-order valence-electron chi connectivity index (χ2n) is 2.98. The van der Waals surface area contributed by atoms with Gasteiger partial charge in [-0.2, -0.15) is 8.42 Å². The average Bonchev–Trinajstić information content (AvgIpc) is 1.98. The van der Waals surface area contributed by atoms with Crippen LogP contribution in [-0.4, -0.2) is 26.7 Å². The second-order valence-corrected chi connectivity index (χ2v) is 5.12. The van der Waals surface area contributed by atoms with Crippen LogP contribution in [0.25, 0.3) is 0 Å². The zero-order valence-electron chi connectivity index (χ0n) is 7.42. The maximum absolute atomic E-state index is 11.0. The summed E-state index contributed by atoms with van der Waals surface area (Å²) in [7, 11) is -3.32. The lowest BCUT2D eigenvalue weighted by atomic mass is 10.2. The molecule has 0 heterocycles. The molecule has 0 aliphatic rings. The van der Waals surface area contributed by atoms with Gasteiger partial charge in [0.2, 0.25) is 0 Å². The fourth-order valence-corrected chi connectivity index (χ4v) is 1.92. The predicted molar refractivity (Wildman–Crippen MR) is 49.9 cm³/mol. The van der Waals surface area contributed by atoms with Gasteiger partial charge in [0.05, 0.1) is 12.4 Å². The van der Waals surface area contributed by atoms with Crippen molar-refractivity contribution < 1.29 is 12.6 Å². The minimum atomic E-state index is -3.32. The minimum absolute atomic E-state index is 0.0171. The first-order chi connectivity index (χ1) is 5.48. The fourth-order valence-electron chi connectivity index (χ4n) is 0.530. The van der Waals surface area contributed by atoms with Gasteiger partial charge >= 0.3 is 0 Å². The van der Waals surface area contributed by atoms with Crippen molar-refractivity contribution in [2.45, 2.75) is 20.3 Å². The molecule has 0 spiro atoms. The molecular weight excluding hydrogens is 200 g/mol. The maximum Gasteiger partial charge on any atom is 0.267 e. The van der Waals surface area contributed by atoms with Gasteiger partial charge in [0, 0.05) is 5.88 Å². The molecule has 0 radical (unpaired) electrons. The highest BCUT2D eigenvalue weighted by molar-refractivity contribution is 7.86. The number of rotatable bonds is 6. The van der Waals surface area contributed by atoms with Gasteiger partial charge in [0.1, 0.15) is 0 Å². The van der Waals surface area contributed by atoms with Gasteiger partial charge in [0.25, 0.3) is 10.1 Å². The molecule has 3 nitrogen and oxygen atoms in total. The van der Waals surface area contributed by atoms with Gasteiger partial charge in [0.15, 0.2) is 0 Å². The number of alkyl halides is 1. The summed E-state index contributed by atoms with van der Waals surface area (Å²) in [6.07, 6.45) is 0.446. The van der Waals surface area contributed by atoms with Crippen LogP contribution in [0.2, 0.25) is 0 Å². The van der Waals surface area contributed by atoms with Gasteiger partial charge in [-0.25, -0.2) is 0 Å². The van der Waals surface area contributed by atoms with E-state index in [4.69, 9.17) is 15.8 Å². The molecule has 0 saturated carbocycles. The largest absolute Gasteiger partial charge is 0.270 e. The highest BCUT2D eigenvalue weighted by Crippen LogP contribution is 2.01. The fraction of sp³-hybridized carbons (Fsp3) is 1.00. The van der Waals surface area contributed by atoms with Crippen LogP contribution in [0, 0.1) is 5.92 Å². The molecule has 5 heteroatoms. The highest BCUT2D eigenvalue weighted by Gasteiger charge is 2.10. The lowest BCUT2D eigenvalue weighted by Gasteiger charge is -2.06. The SMILES string of the molecule is CC(C)COS(=O)(=O)CCCCl. The zero-order valence-corrected chi connectivity index (χ0v) is 8.99. The van der Waals surface area contributed by atoms with Gasteiger partial charge in [-0.1, -0.05) is 13.8 Å². The summed E-state index contributed by atoms with van der Waals surface area (Å²) in [6, 6.07) is 0. The Labute approximate surface area is 79.2 Å². The van der Waals surface area contributed by atoms with Crippen LogP contribution in [0.5, 0.6) is 0 Å². The Morgan fingerprint density at radius 1 is 1.42 bits per heavy atom. The molecule has 0 fully saturated rings. The van der Waals surface area contributed by atoms with Crippen LogP contribution in [-0.2, 0) is 14.3 Å². The monoisotopic (exact) mass is 214 g/mol. The second kappa shape index (κ2) is 5.78. The molecule has 0 rings (SSSR count). The van der Waals surface area contributed by atoms with Crippen molar-refractivity contribution in [3.05, 3.63) is 0 Å². The van der Waals surface area contributed by atoms with Crippen LogP contribution in [0.15, 0.2) is 0 Å². The van der Waals surface area contributed by atoms with E-state index in [0.717, 1.165) is 0 Å². The first-order valence-electron chi connectivity index (χ1n) is 3.91. The van der Waals surface area contributed by atoms with Crippen LogP contribution >= 0.6 is 11.6 Å². The number of hydrogen-bond acceptors (Lipinski definition) is 3. The molecule has 74 valence electrons. The van der Waals surface area contributed by atoms with E-state index < -0.39 is 10.1 Å². The predicted octanol–water partition coefficient (Wildman–Crippen LogP) is 1.62. The number of hydrogen-bond donors (Lipinski definition) is 0. The van der Waals surface area contributed by atoms with Crippen LogP contribution < -0.4 is 0 Å². The molecule has 0 unspecified atom stereocenters. The molecule has 0 N–H and O–H groups in total. The summed E-state index contributed by atoms with van der Waals surface area (Å²) in [5, 5.41) is 0. The molecule has 0 saturated heterocycles.